The zero-order valence-electron chi connectivity index (χ0n) is 12.6. The Kier molecular flexibility index (Phi) is 4.93. The lowest BCUT2D eigenvalue weighted by molar-refractivity contribution is -0.384. The van der Waals surface area contributed by atoms with Gasteiger partial charge >= 0.3 is 5.69 Å². The second-order valence-corrected chi connectivity index (χ2v) is 6.73. The van der Waals surface area contributed by atoms with Gasteiger partial charge in [-0.15, -0.1) is 0 Å². The van der Waals surface area contributed by atoms with E-state index in [1.807, 2.05) is 10.6 Å². The van der Waals surface area contributed by atoms with E-state index in [4.69, 9.17) is 0 Å². The highest BCUT2D eigenvalue weighted by molar-refractivity contribution is 9.10. The third-order valence-electron chi connectivity index (χ3n) is 4.36. The number of rotatable bonds is 5. The van der Waals surface area contributed by atoms with Crippen LogP contribution in [0.3, 0.4) is 0 Å². The van der Waals surface area contributed by atoms with Crippen LogP contribution in [-0.4, -0.2) is 38.3 Å². The molecule has 2 heterocycles. The molecule has 0 spiro atoms. The molecule has 0 radical (unpaired) electrons. The standard InChI is InChI=1S/C15H19BrN4O3/c16-10-5-6-12-14(15(10)20(22)23)18-9-19(12)8-2-3-11-13(21)4-1-7-17-11/h5-6,9,11,13,17,21H,1-4,7-8H2/t11-,13?/m1/s1. The first-order valence-electron chi connectivity index (χ1n) is 7.77. The molecule has 1 aromatic heterocycles. The van der Waals surface area contributed by atoms with E-state index in [1.54, 1.807) is 12.4 Å². The highest BCUT2D eigenvalue weighted by Gasteiger charge is 2.23. The number of aromatic nitrogens is 2. The lowest BCUT2D eigenvalue weighted by atomic mass is 9.97. The molecule has 1 aromatic carbocycles. The quantitative estimate of drug-likeness (QED) is 0.612. The van der Waals surface area contributed by atoms with Crippen molar-refractivity contribution in [2.75, 3.05) is 6.54 Å². The van der Waals surface area contributed by atoms with E-state index in [0.717, 1.165) is 44.3 Å². The van der Waals surface area contributed by atoms with Crippen LogP contribution in [0.4, 0.5) is 5.69 Å². The lowest BCUT2D eigenvalue weighted by Gasteiger charge is -2.29. The van der Waals surface area contributed by atoms with Gasteiger partial charge in [-0.2, -0.15) is 0 Å². The summed E-state index contributed by atoms with van der Waals surface area (Å²) in [4.78, 5) is 15.0. The first kappa shape index (κ1) is 16.4. The molecule has 0 amide bonds. The first-order chi connectivity index (χ1) is 11.1. The van der Waals surface area contributed by atoms with Gasteiger partial charge in [0.25, 0.3) is 0 Å². The summed E-state index contributed by atoms with van der Waals surface area (Å²) >= 11 is 3.21. The van der Waals surface area contributed by atoms with Crippen molar-refractivity contribution < 1.29 is 10.0 Å². The summed E-state index contributed by atoms with van der Waals surface area (Å²) in [6.07, 6.45) is 4.99. The second-order valence-electron chi connectivity index (χ2n) is 5.87. The van der Waals surface area contributed by atoms with Gasteiger partial charge in [0.2, 0.25) is 0 Å². The summed E-state index contributed by atoms with van der Waals surface area (Å²) in [6, 6.07) is 3.67. The average Bonchev–Trinajstić information content (AvgIpc) is 2.91. The maximum Gasteiger partial charge on any atom is 0.311 e. The molecule has 1 aliphatic rings. The molecule has 0 saturated carbocycles. The van der Waals surface area contributed by atoms with Gasteiger partial charge in [0, 0.05) is 12.6 Å². The fraction of sp³-hybridized carbons (Fsp3) is 0.533. The van der Waals surface area contributed by atoms with Crippen LogP contribution >= 0.6 is 15.9 Å². The maximum atomic E-state index is 11.2. The number of benzene rings is 1. The van der Waals surface area contributed by atoms with Gasteiger partial charge in [-0.25, -0.2) is 4.98 Å². The van der Waals surface area contributed by atoms with Crippen molar-refractivity contribution in [1.82, 2.24) is 14.9 Å². The number of nitro groups is 1. The van der Waals surface area contributed by atoms with Crippen LogP contribution in [0.2, 0.25) is 0 Å². The highest BCUT2D eigenvalue weighted by atomic mass is 79.9. The van der Waals surface area contributed by atoms with E-state index in [1.165, 1.54) is 0 Å². The summed E-state index contributed by atoms with van der Waals surface area (Å²) in [5.41, 5.74) is 1.17. The molecule has 1 unspecified atom stereocenters. The molecule has 2 atom stereocenters. The van der Waals surface area contributed by atoms with E-state index in [-0.39, 0.29) is 17.8 Å². The molecule has 124 valence electrons. The van der Waals surface area contributed by atoms with E-state index in [2.05, 4.69) is 26.2 Å². The Bertz CT molecular complexity index is 718. The third-order valence-corrected chi connectivity index (χ3v) is 5.00. The normalized spacial score (nSPS) is 21.7. The largest absolute Gasteiger partial charge is 0.392 e. The topological polar surface area (TPSA) is 93.2 Å². The molecule has 0 bridgehead atoms. The van der Waals surface area contributed by atoms with Gasteiger partial charge in [-0.05, 0) is 60.3 Å². The number of nitrogens with zero attached hydrogens (tertiary/aromatic N) is 3. The Balaban J connectivity index is 1.71. The number of nitrogens with one attached hydrogen (secondary N) is 1. The lowest BCUT2D eigenvalue weighted by Crippen LogP contribution is -2.44. The third kappa shape index (κ3) is 3.39. The van der Waals surface area contributed by atoms with Crippen LogP contribution in [0.1, 0.15) is 25.7 Å². The smallest absolute Gasteiger partial charge is 0.311 e. The molecule has 3 rings (SSSR count). The van der Waals surface area contributed by atoms with Crippen molar-refractivity contribution in [2.45, 2.75) is 44.4 Å². The molecule has 1 aliphatic heterocycles. The van der Waals surface area contributed by atoms with Crippen molar-refractivity contribution in [3.63, 3.8) is 0 Å². The van der Waals surface area contributed by atoms with E-state index >= 15 is 0 Å². The van der Waals surface area contributed by atoms with Crippen molar-refractivity contribution in [1.29, 1.82) is 0 Å². The summed E-state index contributed by atoms with van der Waals surface area (Å²) in [7, 11) is 0. The number of aryl methyl sites for hydroxylation is 1. The van der Waals surface area contributed by atoms with Gasteiger partial charge in [0.05, 0.1) is 27.3 Å². The Morgan fingerprint density at radius 3 is 3.09 bits per heavy atom. The molecular formula is C15H19BrN4O3. The molecule has 7 nitrogen and oxygen atoms in total. The number of aliphatic hydroxyl groups excluding tert-OH is 1. The number of halogens is 1. The molecule has 0 aliphatic carbocycles. The minimum atomic E-state index is -0.411. The summed E-state index contributed by atoms with van der Waals surface area (Å²) in [5.74, 6) is 0. The maximum absolute atomic E-state index is 11.2. The van der Waals surface area contributed by atoms with Crippen LogP contribution in [0, 0.1) is 10.1 Å². The van der Waals surface area contributed by atoms with Crippen molar-refractivity contribution >= 4 is 32.7 Å². The fourth-order valence-electron chi connectivity index (χ4n) is 3.16. The predicted octanol–water partition coefficient (Wildman–Crippen LogP) is 2.60. The molecule has 1 saturated heterocycles. The Morgan fingerprint density at radius 2 is 2.35 bits per heavy atom. The number of imidazole rings is 1. The minimum absolute atomic E-state index is 0.00520. The van der Waals surface area contributed by atoms with Gasteiger partial charge in [0.1, 0.15) is 0 Å². The van der Waals surface area contributed by atoms with Crippen molar-refractivity contribution in [3.05, 3.63) is 33.0 Å². The van der Waals surface area contributed by atoms with Gasteiger partial charge in [-0.1, -0.05) is 0 Å². The number of nitro benzene ring substituents is 1. The first-order valence-corrected chi connectivity index (χ1v) is 8.56. The molecular weight excluding hydrogens is 364 g/mol. The van der Waals surface area contributed by atoms with Crippen LogP contribution in [0.15, 0.2) is 22.9 Å². The van der Waals surface area contributed by atoms with Crippen LogP contribution in [0.5, 0.6) is 0 Å². The number of aliphatic hydroxyl groups is 1. The zero-order chi connectivity index (χ0) is 16.4. The molecule has 23 heavy (non-hydrogen) atoms. The number of fused-ring (bicyclic) bond motifs is 1. The molecule has 2 aromatic rings. The minimum Gasteiger partial charge on any atom is -0.392 e. The summed E-state index contributed by atoms with van der Waals surface area (Å²) in [6.45, 7) is 1.68. The zero-order valence-corrected chi connectivity index (χ0v) is 14.2. The number of hydrogen-bond donors (Lipinski definition) is 2. The van der Waals surface area contributed by atoms with Crippen LogP contribution < -0.4 is 5.32 Å². The Morgan fingerprint density at radius 1 is 1.52 bits per heavy atom. The fourth-order valence-corrected chi connectivity index (χ4v) is 3.62. The summed E-state index contributed by atoms with van der Waals surface area (Å²) in [5, 5.41) is 24.5. The van der Waals surface area contributed by atoms with Gasteiger partial charge < -0.3 is 15.0 Å². The monoisotopic (exact) mass is 382 g/mol. The Labute approximate surface area is 142 Å². The van der Waals surface area contributed by atoms with E-state index in [9.17, 15) is 15.2 Å². The number of piperidine rings is 1. The Hall–Kier alpha value is -1.51. The van der Waals surface area contributed by atoms with Gasteiger partial charge in [0.15, 0.2) is 5.52 Å². The molecule has 1 fully saturated rings. The highest BCUT2D eigenvalue weighted by Crippen LogP contribution is 2.32. The SMILES string of the molecule is O=[N+]([O-])c1c(Br)ccc2c1ncn2CCC[C@H]1NCCCC1O. The van der Waals surface area contributed by atoms with Crippen LogP contribution in [-0.2, 0) is 6.54 Å². The second kappa shape index (κ2) is 6.94. The van der Waals surface area contributed by atoms with Gasteiger partial charge in [-0.3, -0.25) is 10.1 Å². The average molecular weight is 383 g/mol. The predicted molar refractivity (Wildman–Crippen MR) is 90.4 cm³/mol. The van der Waals surface area contributed by atoms with Crippen molar-refractivity contribution in [3.8, 4) is 0 Å². The van der Waals surface area contributed by atoms with E-state index < -0.39 is 4.92 Å². The molecule has 8 heteroatoms. The molecule has 2 N–H and O–H groups in total. The van der Waals surface area contributed by atoms with Crippen LogP contribution in [0.25, 0.3) is 11.0 Å². The summed E-state index contributed by atoms with van der Waals surface area (Å²) < 4.78 is 2.37. The number of hydrogen-bond acceptors (Lipinski definition) is 5. The van der Waals surface area contributed by atoms with E-state index in [0.29, 0.717) is 9.99 Å². The van der Waals surface area contributed by atoms with Crippen molar-refractivity contribution in [2.24, 2.45) is 0 Å².